The molecule has 2 aromatic carbocycles. The van der Waals surface area contributed by atoms with Crippen LogP contribution in [0, 0.1) is 6.92 Å². The number of nitrogens with zero attached hydrogens (tertiary/aromatic N) is 4. The van der Waals surface area contributed by atoms with Gasteiger partial charge in [0.15, 0.2) is 5.69 Å². The standard InChI is InChI=1S/C22H22ClN5O2/c1-15-21(26-28(25-15)18-10-5-9-17(23)13-18)22(30)24-19(16-7-3-2-4-8-16)14-27-12-6-11-20(27)29/h2-5,7-10,13,19H,6,11-12,14H2,1H3,(H,24,30). The third-order valence-corrected chi connectivity index (χ3v) is 5.35. The van der Waals surface area contributed by atoms with Crippen molar-refractivity contribution in [3.8, 4) is 5.69 Å². The van der Waals surface area contributed by atoms with E-state index < -0.39 is 0 Å². The van der Waals surface area contributed by atoms with Gasteiger partial charge in [-0.1, -0.05) is 48.0 Å². The summed E-state index contributed by atoms with van der Waals surface area (Å²) in [6.07, 6.45) is 1.41. The third kappa shape index (κ3) is 4.36. The van der Waals surface area contributed by atoms with Gasteiger partial charge in [-0.3, -0.25) is 9.59 Å². The van der Waals surface area contributed by atoms with E-state index in [4.69, 9.17) is 11.6 Å². The Labute approximate surface area is 179 Å². The molecule has 0 saturated carbocycles. The van der Waals surface area contributed by atoms with E-state index in [1.54, 1.807) is 30.0 Å². The summed E-state index contributed by atoms with van der Waals surface area (Å²) in [5.41, 5.74) is 2.36. The molecule has 1 atom stereocenters. The molecular formula is C22H22ClN5O2. The number of carbonyl (C=O) groups excluding carboxylic acids is 2. The monoisotopic (exact) mass is 423 g/mol. The van der Waals surface area contributed by atoms with Crippen LogP contribution in [-0.4, -0.2) is 44.8 Å². The Morgan fingerprint density at radius 3 is 2.67 bits per heavy atom. The smallest absolute Gasteiger partial charge is 0.274 e. The fourth-order valence-electron chi connectivity index (χ4n) is 3.57. The van der Waals surface area contributed by atoms with Gasteiger partial charge in [-0.25, -0.2) is 0 Å². The SMILES string of the molecule is Cc1nn(-c2cccc(Cl)c2)nc1C(=O)NC(CN1CCCC1=O)c1ccccc1. The molecule has 0 spiro atoms. The van der Waals surface area contributed by atoms with Gasteiger partial charge in [-0.2, -0.15) is 9.90 Å². The van der Waals surface area contributed by atoms with Gasteiger partial charge < -0.3 is 10.2 Å². The lowest BCUT2D eigenvalue weighted by Gasteiger charge is -2.25. The van der Waals surface area contributed by atoms with Crippen molar-refractivity contribution in [1.82, 2.24) is 25.2 Å². The predicted molar refractivity (Wildman–Crippen MR) is 114 cm³/mol. The average molecular weight is 424 g/mol. The van der Waals surface area contributed by atoms with Gasteiger partial charge in [0.25, 0.3) is 5.91 Å². The highest BCUT2D eigenvalue weighted by Crippen LogP contribution is 2.20. The van der Waals surface area contributed by atoms with Gasteiger partial charge in [-0.05, 0) is 37.1 Å². The van der Waals surface area contributed by atoms with E-state index in [1.807, 2.05) is 36.4 Å². The van der Waals surface area contributed by atoms with E-state index in [9.17, 15) is 9.59 Å². The molecule has 1 saturated heterocycles. The van der Waals surface area contributed by atoms with Crippen molar-refractivity contribution in [2.24, 2.45) is 0 Å². The minimum atomic E-state index is -0.337. The zero-order valence-electron chi connectivity index (χ0n) is 16.6. The van der Waals surface area contributed by atoms with Crippen molar-refractivity contribution >= 4 is 23.4 Å². The Morgan fingerprint density at radius 1 is 1.17 bits per heavy atom. The Bertz CT molecular complexity index is 1070. The van der Waals surface area contributed by atoms with Crippen LogP contribution in [0.1, 0.15) is 40.6 Å². The summed E-state index contributed by atoms with van der Waals surface area (Å²) in [7, 11) is 0. The average Bonchev–Trinajstić information content (AvgIpc) is 3.33. The number of halogens is 1. The van der Waals surface area contributed by atoms with Crippen LogP contribution in [0.3, 0.4) is 0 Å². The number of aromatic nitrogens is 3. The Kier molecular flexibility index (Phi) is 5.81. The van der Waals surface area contributed by atoms with Crippen LogP contribution in [0.25, 0.3) is 5.69 Å². The minimum Gasteiger partial charge on any atom is -0.342 e. The maximum atomic E-state index is 13.1. The van der Waals surface area contributed by atoms with Gasteiger partial charge in [-0.15, -0.1) is 5.10 Å². The summed E-state index contributed by atoms with van der Waals surface area (Å²) in [5.74, 6) is -0.213. The van der Waals surface area contributed by atoms with Crippen LogP contribution >= 0.6 is 11.6 Å². The second kappa shape index (κ2) is 8.67. The molecule has 4 rings (SSSR count). The quantitative estimate of drug-likeness (QED) is 0.659. The maximum absolute atomic E-state index is 13.1. The highest BCUT2D eigenvalue weighted by atomic mass is 35.5. The normalized spacial score (nSPS) is 14.7. The van der Waals surface area contributed by atoms with E-state index in [1.165, 1.54) is 4.80 Å². The van der Waals surface area contributed by atoms with Crippen LogP contribution in [0.15, 0.2) is 54.6 Å². The predicted octanol–water partition coefficient (Wildman–Crippen LogP) is 3.32. The molecule has 0 aliphatic carbocycles. The number of hydrogen-bond donors (Lipinski definition) is 1. The van der Waals surface area contributed by atoms with E-state index in [0.717, 1.165) is 12.0 Å². The number of hydrogen-bond acceptors (Lipinski definition) is 4. The first-order chi connectivity index (χ1) is 14.5. The molecule has 1 aliphatic heterocycles. The number of benzene rings is 2. The zero-order chi connectivity index (χ0) is 21.1. The van der Waals surface area contributed by atoms with Gasteiger partial charge in [0.05, 0.1) is 17.4 Å². The van der Waals surface area contributed by atoms with E-state index >= 15 is 0 Å². The molecule has 1 aromatic heterocycles. The molecule has 8 heteroatoms. The summed E-state index contributed by atoms with van der Waals surface area (Å²) in [6, 6.07) is 16.4. The molecule has 0 radical (unpaired) electrons. The Morgan fingerprint density at radius 2 is 1.97 bits per heavy atom. The van der Waals surface area contributed by atoms with Gasteiger partial charge in [0.2, 0.25) is 5.91 Å². The highest BCUT2D eigenvalue weighted by Gasteiger charge is 2.27. The van der Waals surface area contributed by atoms with E-state index in [-0.39, 0.29) is 23.6 Å². The fraction of sp³-hybridized carbons (Fsp3) is 0.273. The summed E-state index contributed by atoms with van der Waals surface area (Å²) in [4.78, 5) is 28.4. The molecule has 1 fully saturated rings. The minimum absolute atomic E-state index is 0.119. The largest absolute Gasteiger partial charge is 0.342 e. The lowest BCUT2D eigenvalue weighted by atomic mass is 10.1. The maximum Gasteiger partial charge on any atom is 0.274 e. The molecule has 1 N–H and O–H groups in total. The number of nitrogens with one attached hydrogen (secondary N) is 1. The van der Waals surface area contributed by atoms with Crippen LogP contribution in [0.5, 0.6) is 0 Å². The van der Waals surface area contributed by atoms with Crippen LogP contribution in [-0.2, 0) is 4.79 Å². The summed E-state index contributed by atoms with van der Waals surface area (Å²) in [5, 5.41) is 12.3. The number of likely N-dealkylation sites (tertiary alicyclic amines) is 1. The van der Waals surface area contributed by atoms with Crippen LogP contribution < -0.4 is 5.32 Å². The number of amides is 2. The Hall–Kier alpha value is -3.19. The lowest BCUT2D eigenvalue weighted by molar-refractivity contribution is -0.128. The van der Waals surface area contributed by atoms with Gasteiger partial charge in [0, 0.05) is 24.5 Å². The number of rotatable bonds is 6. The van der Waals surface area contributed by atoms with Crippen molar-refractivity contribution in [3.05, 3.63) is 76.6 Å². The summed E-state index contributed by atoms with van der Waals surface area (Å²) in [6.45, 7) is 2.88. The molecule has 7 nitrogen and oxygen atoms in total. The van der Waals surface area contributed by atoms with Crippen LogP contribution in [0.4, 0.5) is 0 Å². The van der Waals surface area contributed by atoms with Crippen molar-refractivity contribution < 1.29 is 9.59 Å². The lowest BCUT2D eigenvalue weighted by Crippen LogP contribution is -2.39. The Balaban J connectivity index is 1.57. The molecule has 2 amide bonds. The van der Waals surface area contributed by atoms with E-state index in [2.05, 4.69) is 15.5 Å². The summed E-state index contributed by atoms with van der Waals surface area (Å²) < 4.78 is 0. The van der Waals surface area contributed by atoms with Crippen LogP contribution in [0.2, 0.25) is 5.02 Å². The zero-order valence-corrected chi connectivity index (χ0v) is 17.3. The third-order valence-electron chi connectivity index (χ3n) is 5.12. The molecule has 2 heterocycles. The molecule has 1 aliphatic rings. The second-order valence-corrected chi connectivity index (χ2v) is 7.72. The van der Waals surface area contributed by atoms with Gasteiger partial charge >= 0.3 is 0 Å². The first kappa shape index (κ1) is 20.1. The van der Waals surface area contributed by atoms with Crippen molar-refractivity contribution in [3.63, 3.8) is 0 Å². The first-order valence-corrected chi connectivity index (χ1v) is 10.2. The molecule has 0 bridgehead atoms. The summed E-state index contributed by atoms with van der Waals surface area (Å²) >= 11 is 6.05. The molecule has 3 aromatic rings. The number of carbonyl (C=O) groups is 2. The van der Waals surface area contributed by atoms with E-state index in [0.29, 0.717) is 35.9 Å². The molecular weight excluding hydrogens is 402 g/mol. The topological polar surface area (TPSA) is 80.1 Å². The van der Waals surface area contributed by atoms with Crippen molar-refractivity contribution in [1.29, 1.82) is 0 Å². The second-order valence-electron chi connectivity index (χ2n) is 7.28. The molecule has 154 valence electrons. The first-order valence-electron chi connectivity index (χ1n) is 9.85. The fourth-order valence-corrected chi connectivity index (χ4v) is 3.75. The highest BCUT2D eigenvalue weighted by molar-refractivity contribution is 6.30. The molecule has 30 heavy (non-hydrogen) atoms. The van der Waals surface area contributed by atoms with Gasteiger partial charge in [0.1, 0.15) is 0 Å². The van der Waals surface area contributed by atoms with Crippen molar-refractivity contribution in [2.45, 2.75) is 25.8 Å². The molecule has 1 unspecified atom stereocenters. The number of aryl methyl sites for hydroxylation is 1. The van der Waals surface area contributed by atoms with Crippen molar-refractivity contribution in [2.75, 3.05) is 13.1 Å².